The summed E-state index contributed by atoms with van der Waals surface area (Å²) in [6, 6.07) is 17.0. The molecule has 32 heavy (non-hydrogen) atoms. The molecule has 0 spiro atoms. The summed E-state index contributed by atoms with van der Waals surface area (Å²) in [4.78, 5) is 31.9. The number of H-pyrrole nitrogens is 1. The largest absolute Gasteiger partial charge is 0.394 e. The molecule has 3 aromatic rings. The van der Waals surface area contributed by atoms with E-state index in [4.69, 9.17) is 0 Å². The number of amides is 2. The highest BCUT2D eigenvalue weighted by Gasteiger charge is 2.44. The van der Waals surface area contributed by atoms with Crippen molar-refractivity contribution >= 4 is 22.7 Å². The molecule has 0 bridgehead atoms. The number of benzene rings is 2. The van der Waals surface area contributed by atoms with Crippen LogP contribution in [0.4, 0.5) is 0 Å². The number of hydrogen-bond acceptors (Lipinski definition) is 3. The number of carbonyl (C=O) groups excluding carboxylic acids is 2. The highest BCUT2D eigenvalue weighted by Crippen LogP contribution is 2.41. The fourth-order valence-electron chi connectivity index (χ4n) is 5.47. The highest BCUT2D eigenvalue weighted by molar-refractivity contribution is 5.94. The molecular weight excluding hydrogens is 402 g/mol. The molecule has 1 aliphatic heterocycles. The van der Waals surface area contributed by atoms with Crippen LogP contribution >= 0.6 is 0 Å². The summed E-state index contributed by atoms with van der Waals surface area (Å²) >= 11 is 0. The van der Waals surface area contributed by atoms with E-state index < -0.39 is 18.1 Å². The minimum atomic E-state index is -0.936. The third-order valence-electron chi connectivity index (χ3n) is 7.20. The van der Waals surface area contributed by atoms with Gasteiger partial charge in [-0.05, 0) is 36.5 Å². The lowest BCUT2D eigenvalue weighted by atomic mass is 9.78. The molecule has 0 radical (unpaired) electrons. The molecule has 0 unspecified atom stereocenters. The molecule has 2 heterocycles. The molecule has 5 rings (SSSR count). The molecule has 1 atom stereocenters. The Balaban J connectivity index is 1.33. The zero-order chi connectivity index (χ0) is 22.1. The molecule has 6 heteroatoms. The average Bonchev–Trinajstić information content (AvgIpc) is 3.48. The van der Waals surface area contributed by atoms with E-state index >= 15 is 0 Å². The van der Waals surface area contributed by atoms with E-state index in [0.717, 1.165) is 48.9 Å². The first-order valence-electron chi connectivity index (χ1n) is 11.5. The highest BCUT2D eigenvalue weighted by atomic mass is 16.3. The molecule has 3 N–H and O–H groups in total. The number of carbonyl (C=O) groups is 2. The van der Waals surface area contributed by atoms with Gasteiger partial charge in [-0.2, -0.15) is 0 Å². The third-order valence-corrected chi connectivity index (χ3v) is 7.20. The van der Waals surface area contributed by atoms with Crippen LogP contribution in [0.5, 0.6) is 0 Å². The standard InChI is InChI=1S/C26H29N3O3/c30-17-23(28-25(32)26(13-6-7-14-26)18-8-2-1-3-9-18)24(31)29-15-12-20-19-10-4-5-11-21(19)27-22(20)16-29/h1-5,8-11,23,27,30H,6-7,12-17H2,(H,28,32)/t23-/m0/s1. The Morgan fingerprint density at radius 2 is 1.78 bits per heavy atom. The van der Waals surface area contributed by atoms with E-state index in [1.165, 1.54) is 10.9 Å². The van der Waals surface area contributed by atoms with E-state index in [2.05, 4.69) is 16.4 Å². The first-order valence-corrected chi connectivity index (χ1v) is 11.5. The molecule has 6 nitrogen and oxygen atoms in total. The molecule has 1 aliphatic carbocycles. The van der Waals surface area contributed by atoms with Gasteiger partial charge in [0.1, 0.15) is 6.04 Å². The Bertz CT molecular complexity index is 1130. The number of nitrogens with zero attached hydrogens (tertiary/aromatic N) is 1. The summed E-state index contributed by atoms with van der Waals surface area (Å²) in [6.07, 6.45) is 4.24. The Hall–Kier alpha value is -3.12. The fourth-order valence-corrected chi connectivity index (χ4v) is 5.47. The second-order valence-corrected chi connectivity index (χ2v) is 9.00. The van der Waals surface area contributed by atoms with Gasteiger partial charge in [0.05, 0.1) is 18.6 Å². The van der Waals surface area contributed by atoms with Gasteiger partial charge < -0.3 is 20.3 Å². The lowest BCUT2D eigenvalue weighted by molar-refractivity contribution is -0.139. The summed E-state index contributed by atoms with van der Waals surface area (Å²) < 4.78 is 0. The molecule has 1 saturated carbocycles. The summed E-state index contributed by atoms with van der Waals surface area (Å²) in [5, 5.41) is 14.1. The summed E-state index contributed by atoms with van der Waals surface area (Å²) in [7, 11) is 0. The SMILES string of the molecule is O=C([C@H](CO)NC(=O)C1(c2ccccc2)CCCC1)N1CCc2c([nH]c3ccccc23)C1. The quantitative estimate of drug-likeness (QED) is 0.581. The van der Waals surface area contributed by atoms with E-state index in [1.807, 2.05) is 48.5 Å². The molecule has 1 aromatic heterocycles. The molecule has 2 aromatic carbocycles. The first-order chi connectivity index (χ1) is 15.6. The third kappa shape index (κ3) is 3.48. The van der Waals surface area contributed by atoms with Crippen LogP contribution in [0.3, 0.4) is 0 Å². The van der Waals surface area contributed by atoms with Crippen molar-refractivity contribution < 1.29 is 14.7 Å². The van der Waals surface area contributed by atoms with Gasteiger partial charge in [-0.15, -0.1) is 0 Å². The van der Waals surface area contributed by atoms with E-state index in [-0.39, 0.29) is 11.8 Å². The van der Waals surface area contributed by atoms with Crippen LogP contribution in [-0.4, -0.2) is 46.0 Å². The van der Waals surface area contributed by atoms with Crippen LogP contribution < -0.4 is 5.32 Å². The van der Waals surface area contributed by atoms with Crippen LogP contribution in [0.1, 0.15) is 42.5 Å². The number of fused-ring (bicyclic) bond motifs is 3. The molecular formula is C26H29N3O3. The summed E-state index contributed by atoms with van der Waals surface area (Å²) in [5.41, 5.74) is 3.72. The van der Waals surface area contributed by atoms with Crippen LogP contribution in [-0.2, 0) is 28.0 Å². The number of para-hydroxylation sites is 1. The zero-order valence-corrected chi connectivity index (χ0v) is 18.1. The first kappa shape index (κ1) is 20.8. The van der Waals surface area contributed by atoms with Crippen molar-refractivity contribution in [3.8, 4) is 0 Å². The van der Waals surface area contributed by atoms with E-state index in [0.29, 0.717) is 13.1 Å². The van der Waals surface area contributed by atoms with E-state index in [1.54, 1.807) is 4.90 Å². The van der Waals surface area contributed by atoms with Crippen LogP contribution in [0.2, 0.25) is 0 Å². The lowest BCUT2D eigenvalue weighted by Crippen LogP contribution is -2.55. The predicted octanol–water partition coefficient (Wildman–Crippen LogP) is 3.04. The van der Waals surface area contributed by atoms with Crippen molar-refractivity contribution in [1.82, 2.24) is 15.2 Å². The Morgan fingerprint density at radius 1 is 1.06 bits per heavy atom. The van der Waals surface area contributed by atoms with Crippen LogP contribution in [0.25, 0.3) is 10.9 Å². The summed E-state index contributed by atoms with van der Waals surface area (Å²) in [6.45, 7) is 0.619. The topological polar surface area (TPSA) is 85.4 Å². The second-order valence-electron chi connectivity index (χ2n) is 9.00. The maximum absolute atomic E-state index is 13.4. The predicted molar refractivity (Wildman–Crippen MR) is 123 cm³/mol. The number of aliphatic hydroxyl groups is 1. The number of nitrogens with one attached hydrogen (secondary N) is 2. The Kier molecular flexibility index (Phi) is 5.47. The number of rotatable bonds is 5. The molecule has 166 valence electrons. The van der Waals surface area contributed by atoms with Gasteiger partial charge in [0, 0.05) is 23.1 Å². The van der Waals surface area contributed by atoms with Gasteiger partial charge in [0.15, 0.2) is 0 Å². The van der Waals surface area contributed by atoms with Crippen molar-refractivity contribution in [2.75, 3.05) is 13.2 Å². The van der Waals surface area contributed by atoms with Crippen molar-refractivity contribution in [1.29, 1.82) is 0 Å². The number of aliphatic hydroxyl groups excluding tert-OH is 1. The van der Waals surface area contributed by atoms with Crippen molar-refractivity contribution in [3.05, 3.63) is 71.4 Å². The molecule has 2 aliphatic rings. The lowest BCUT2D eigenvalue weighted by Gasteiger charge is -2.33. The molecule has 1 fully saturated rings. The Morgan fingerprint density at radius 3 is 2.53 bits per heavy atom. The van der Waals surface area contributed by atoms with Crippen LogP contribution in [0, 0.1) is 0 Å². The maximum Gasteiger partial charge on any atom is 0.247 e. The van der Waals surface area contributed by atoms with E-state index in [9.17, 15) is 14.7 Å². The zero-order valence-electron chi connectivity index (χ0n) is 18.1. The van der Waals surface area contributed by atoms with Gasteiger partial charge in [-0.1, -0.05) is 61.4 Å². The smallest absolute Gasteiger partial charge is 0.247 e. The van der Waals surface area contributed by atoms with Crippen molar-refractivity contribution in [3.63, 3.8) is 0 Å². The molecule has 2 amide bonds. The number of aromatic amines is 1. The number of hydrogen-bond donors (Lipinski definition) is 3. The Labute approximate surface area is 187 Å². The number of aromatic nitrogens is 1. The van der Waals surface area contributed by atoms with Crippen molar-refractivity contribution in [2.45, 2.75) is 50.1 Å². The van der Waals surface area contributed by atoms with Gasteiger partial charge in [0.2, 0.25) is 11.8 Å². The average molecular weight is 432 g/mol. The van der Waals surface area contributed by atoms with Gasteiger partial charge in [0.25, 0.3) is 0 Å². The van der Waals surface area contributed by atoms with Crippen LogP contribution in [0.15, 0.2) is 54.6 Å². The van der Waals surface area contributed by atoms with Gasteiger partial charge >= 0.3 is 0 Å². The monoisotopic (exact) mass is 431 g/mol. The van der Waals surface area contributed by atoms with Gasteiger partial charge in [-0.25, -0.2) is 0 Å². The maximum atomic E-state index is 13.4. The second kappa shape index (κ2) is 8.43. The normalized spacial score (nSPS) is 18.3. The van der Waals surface area contributed by atoms with Crippen molar-refractivity contribution in [2.24, 2.45) is 0 Å². The fraction of sp³-hybridized carbons (Fsp3) is 0.385. The minimum absolute atomic E-state index is 0.156. The minimum Gasteiger partial charge on any atom is -0.394 e. The van der Waals surface area contributed by atoms with Gasteiger partial charge in [-0.3, -0.25) is 9.59 Å². The summed E-state index contributed by atoms with van der Waals surface area (Å²) in [5.74, 6) is -0.386. The molecule has 0 saturated heterocycles.